The fraction of sp³-hybridized carbons (Fsp3) is 0.480. The summed E-state index contributed by atoms with van der Waals surface area (Å²) < 4.78 is 34.3. The Hall–Kier alpha value is -3.51. The van der Waals surface area contributed by atoms with Gasteiger partial charge in [0.25, 0.3) is 11.8 Å². The van der Waals surface area contributed by atoms with E-state index in [-0.39, 0.29) is 42.4 Å². The van der Waals surface area contributed by atoms with Gasteiger partial charge in [0.1, 0.15) is 36.1 Å². The standard InChI is InChI=1S/C25H30F2N4O6/c1-4-5-8-37-23-19-25(36)29-12-31(14(3)21(33)20(32)13(29)2)30(19)11-17(22(23)34)24(35)28-10-15-6-7-16(26)9-18(15)27/h6-7,9,11,13-14,20-21,32-33H,4-5,8,10,12H2,1-3H3,(H,28,35)/t13-,14+,20-,21+/m0/s1. The van der Waals surface area contributed by atoms with E-state index in [0.717, 1.165) is 12.5 Å². The van der Waals surface area contributed by atoms with Crippen LogP contribution in [0.1, 0.15) is 60.0 Å². The number of nitrogens with one attached hydrogen (secondary N) is 1. The number of aliphatic hydroxyl groups excluding tert-OH is 2. The van der Waals surface area contributed by atoms with Gasteiger partial charge < -0.3 is 25.2 Å². The summed E-state index contributed by atoms with van der Waals surface area (Å²) in [5.41, 5.74) is -1.28. The molecule has 4 atom stereocenters. The molecule has 0 radical (unpaired) electrons. The Morgan fingerprint density at radius 2 is 1.86 bits per heavy atom. The van der Waals surface area contributed by atoms with Gasteiger partial charge in [-0.2, -0.15) is 0 Å². The van der Waals surface area contributed by atoms with Crippen molar-refractivity contribution in [2.75, 3.05) is 18.3 Å². The SMILES string of the molecule is CCCCOc1c2n(cc(C(=O)NCc3ccc(F)cc3F)c1=O)N1CN(C2=O)[C@@H](C)[C@H](O)[C@H](O)[C@H]1C. The molecule has 4 rings (SSSR count). The molecule has 0 aliphatic carbocycles. The van der Waals surface area contributed by atoms with Crippen molar-refractivity contribution < 1.29 is 33.3 Å². The molecule has 10 nitrogen and oxygen atoms in total. The summed E-state index contributed by atoms with van der Waals surface area (Å²) in [5, 5.41) is 25.3. The Morgan fingerprint density at radius 3 is 2.54 bits per heavy atom. The molecule has 1 aromatic carbocycles. The van der Waals surface area contributed by atoms with Gasteiger partial charge in [-0.05, 0) is 26.3 Å². The van der Waals surface area contributed by atoms with Crippen molar-refractivity contribution in [3.05, 3.63) is 63.1 Å². The number of benzene rings is 1. The third-order valence-electron chi connectivity index (χ3n) is 6.93. The van der Waals surface area contributed by atoms with E-state index >= 15 is 0 Å². The lowest BCUT2D eigenvalue weighted by Gasteiger charge is -2.42. The van der Waals surface area contributed by atoms with E-state index in [1.165, 1.54) is 21.8 Å². The molecule has 2 amide bonds. The number of carbonyl (C=O) groups is 2. The second-order valence-electron chi connectivity index (χ2n) is 9.33. The molecule has 37 heavy (non-hydrogen) atoms. The zero-order valence-corrected chi connectivity index (χ0v) is 20.8. The Bertz CT molecular complexity index is 1270. The highest BCUT2D eigenvalue weighted by molar-refractivity contribution is 5.99. The summed E-state index contributed by atoms with van der Waals surface area (Å²) in [5.74, 6) is -3.37. The van der Waals surface area contributed by atoms with Gasteiger partial charge in [-0.25, -0.2) is 8.78 Å². The predicted octanol–water partition coefficient (Wildman–Crippen LogP) is 1.10. The first-order chi connectivity index (χ1) is 17.6. The van der Waals surface area contributed by atoms with Crippen LogP contribution in [0.2, 0.25) is 0 Å². The first-order valence-corrected chi connectivity index (χ1v) is 12.1. The second kappa shape index (κ2) is 10.5. The van der Waals surface area contributed by atoms with E-state index in [4.69, 9.17) is 4.74 Å². The van der Waals surface area contributed by atoms with Crippen molar-refractivity contribution in [2.24, 2.45) is 0 Å². The first-order valence-electron chi connectivity index (χ1n) is 12.1. The van der Waals surface area contributed by atoms with Crippen LogP contribution in [-0.2, 0) is 6.54 Å². The first kappa shape index (κ1) is 26.6. The van der Waals surface area contributed by atoms with Crippen LogP contribution in [0, 0.1) is 11.6 Å². The topological polar surface area (TPSA) is 124 Å². The zero-order valence-electron chi connectivity index (χ0n) is 20.8. The van der Waals surface area contributed by atoms with Crippen LogP contribution >= 0.6 is 0 Å². The van der Waals surface area contributed by atoms with Crippen molar-refractivity contribution in [3.63, 3.8) is 0 Å². The molecule has 1 aromatic heterocycles. The number of pyridine rings is 1. The van der Waals surface area contributed by atoms with Crippen LogP contribution in [0.3, 0.4) is 0 Å². The van der Waals surface area contributed by atoms with Crippen LogP contribution in [-0.4, -0.2) is 69.2 Å². The minimum absolute atomic E-state index is 0.0125. The molecular weight excluding hydrogens is 490 g/mol. The van der Waals surface area contributed by atoms with Gasteiger partial charge >= 0.3 is 0 Å². The van der Waals surface area contributed by atoms with Crippen molar-refractivity contribution in [1.29, 1.82) is 0 Å². The minimum Gasteiger partial charge on any atom is -0.487 e. The van der Waals surface area contributed by atoms with E-state index in [2.05, 4.69) is 5.32 Å². The molecular formula is C25H30F2N4O6. The van der Waals surface area contributed by atoms with Gasteiger partial charge in [0, 0.05) is 24.4 Å². The Balaban J connectivity index is 1.78. The average Bonchev–Trinajstić information content (AvgIpc) is 2.93. The lowest BCUT2D eigenvalue weighted by molar-refractivity contribution is -0.0207. The lowest BCUT2D eigenvalue weighted by Crippen LogP contribution is -2.58. The molecule has 0 saturated carbocycles. The fourth-order valence-electron chi connectivity index (χ4n) is 4.52. The van der Waals surface area contributed by atoms with E-state index in [1.54, 1.807) is 18.9 Å². The van der Waals surface area contributed by atoms with Crippen LogP contribution in [0.5, 0.6) is 5.75 Å². The van der Waals surface area contributed by atoms with Crippen LogP contribution in [0.25, 0.3) is 0 Å². The number of hydrogen-bond acceptors (Lipinski definition) is 7. The Labute approximate surface area is 212 Å². The number of unbranched alkanes of at least 4 members (excludes halogenated alkanes) is 1. The average molecular weight is 521 g/mol. The van der Waals surface area contributed by atoms with Crippen molar-refractivity contribution in [1.82, 2.24) is 14.9 Å². The molecule has 2 aliphatic rings. The number of rotatable bonds is 7. The Morgan fingerprint density at radius 1 is 1.16 bits per heavy atom. The monoisotopic (exact) mass is 520 g/mol. The highest BCUT2D eigenvalue weighted by Crippen LogP contribution is 2.30. The third-order valence-corrected chi connectivity index (χ3v) is 6.93. The maximum atomic E-state index is 14.0. The number of amides is 2. The van der Waals surface area contributed by atoms with Crippen molar-refractivity contribution in [3.8, 4) is 5.75 Å². The maximum Gasteiger partial charge on any atom is 0.278 e. The molecule has 2 aliphatic heterocycles. The van der Waals surface area contributed by atoms with Crippen LogP contribution in [0.15, 0.2) is 29.2 Å². The number of aromatic nitrogens is 1. The zero-order chi connectivity index (χ0) is 27.0. The van der Waals surface area contributed by atoms with Crippen LogP contribution < -0.4 is 20.5 Å². The number of hydrogen-bond donors (Lipinski definition) is 3. The number of halogens is 2. The van der Waals surface area contributed by atoms with E-state index in [1.807, 2.05) is 6.92 Å². The highest BCUT2D eigenvalue weighted by atomic mass is 19.1. The molecule has 3 heterocycles. The molecule has 0 spiro atoms. The molecule has 1 fully saturated rings. The molecule has 12 heteroatoms. The lowest BCUT2D eigenvalue weighted by atomic mass is 10.0. The van der Waals surface area contributed by atoms with E-state index in [9.17, 15) is 33.4 Å². The number of ether oxygens (including phenoxy) is 1. The summed E-state index contributed by atoms with van der Waals surface area (Å²) in [6.07, 6.45) is 0.0442. The largest absolute Gasteiger partial charge is 0.487 e. The third kappa shape index (κ3) is 4.78. The Kier molecular flexibility index (Phi) is 7.51. The maximum absolute atomic E-state index is 14.0. The second-order valence-corrected chi connectivity index (χ2v) is 9.33. The summed E-state index contributed by atoms with van der Waals surface area (Å²) >= 11 is 0. The van der Waals surface area contributed by atoms with Crippen molar-refractivity contribution in [2.45, 2.75) is 64.4 Å². The number of fused-ring (bicyclic) bond motifs is 4. The highest BCUT2D eigenvalue weighted by Gasteiger charge is 2.46. The molecule has 0 unspecified atom stereocenters. The fourth-order valence-corrected chi connectivity index (χ4v) is 4.52. The number of aliphatic hydroxyl groups is 2. The molecule has 200 valence electrons. The summed E-state index contributed by atoms with van der Waals surface area (Å²) in [4.78, 5) is 41.4. The van der Waals surface area contributed by atoms with Gasteiger partial charge in [-0.3, -0.25) is 24.1 Å². The molecule has 3 N–H and O–H groups in total. The summed E-state index contributed by atoms with van der Waals surface area (Å²) in [6.45, 7) is 4.97. The minimum atomic E-state index is -1.25. The van der Waals surface area contributed by atoms with Gasteiger partial charge in [0.2, 0.25) is 5.43 Å². The summed E-state index contributed by atoms with van der Waals surface area (Å²) in [6, 6.07) is 1.47. The van der Waals surface area contributed by atoms with Gasteiger partial charge in [0.05, 0.1) is 18.7 Å². The quantitative estimate of drug-likeness (QED) is 0.467. The van der Waals surface area contributed by atoms with Crippen molar-refractivity contribution >= 4 is 11.8 Å². The number of nitrogens with zero attached hydrogens (tertiary/aromatic N) is 3. The summed E-state index contributed by atoms with van der Waals surface area (Å²) in [7, 11) is 0. The van der Waals surface area contributed by atoms with E-state index in [0.29, 0.717) is 12.5 Å². The van der Waals surface area contributed by atoms with Crippen LogP contribution in [0.4, 0.5) is 8.78 Å². The van der Waals surface area contributed by atoms with Gasteiger partial charge in [0.15, 0.2) is 11.4 Å². The smallest absolute Gasteiger partial charge is 0.278 e. The molecule has 2 bridgehead atoms. The van der Waals surface area contributed by atoms with Gasteiger partial charge in [-0.15, -0.1) is 0 Å². The molecule has 2 aromatic rings. The van der Waals surface area contributed by atoms with Gasteiger partial charge in [-0.1, -0.05) is 19.4 Å². The van der Waals surface area contributed by atoms with E-state index < -0.39 is 53.2 Å². The predicted molar refractivity (Wildman–Crippen MR) is 129 cm³/mol. The molecule has 1 saturated heterocycles. The normalized spacial score (nSPS) is 22.9. The number of carbonyl (C=O) groups excluding carboxylic acids is 2.